The zero-order valence-electron chi connectivity index (χ0n) is 46.5. The fraction of sp³-hybridized carbons (Fsp3) is 0.797. The number of hydrogen-bond acceptors (Lipinski definition) is 6. The SMILES string of the molecule is CCCCC/C=C/C/C=C/C/C=C/CCCCCCC(=O)O[C@@H](COC(=O)CCCCCCCCCCC/C=C/C/C=C/CCCCC)COC(=O)CCCCCCCCCCCCCCCCCC. The first-order chi connectivity index (χ1) is 34.5. The van der Waals surface area contributed by atoms with Gasteiger partial charge in [0.05, 0.1) is 0 Å². The largest absolute Gasteiger partial charge is 0.462 e. The summed E-state index contributed by atoms with van der Waals surface area (Å²) in [7, 11) is 0. The zero-order chi connectivity index (χ0) is 50.7. The van der Waals surface area contributed by atoms with Crippen molar-refractivity contribution in [2.24, 2.45) is 0 Å². The molecule has 0 saturated heterocycles. The van der Waals surface area contributed by atoms with Gasteiger partial charge in [0.1, 0.15) is 13.2 Å². The number of unbranched alkanes of at least 4 members (excludes halogenated alkanes) is 34. The van der Waals surface area contributed by atoms with Crippen molar-refractivity contribution in [3.05, 3.63) is 60.8 Å². The minimum absolute atomic E-state index is 0.0818. The Morgan fingerprint density at radius 2 is 0.514 bits per heavy atom. The summed E-state index contributed by atoms with van der Waals surface area (Å²) in [5, 5.41) is 0. The van der Waals surface area contributed by atoms with E-state index in [2.05, 4.69) is 81.5 Å². The van der Waals surface area contributed by atoms with E-state index in [0.717, 1.165) is 89.9 Å². The highest BCUT2D eigenvalue weighted by Gasteiger charge is 2.19. The molecule has 0 aliphatic carbocycles. The molecule has 0 aliphatic heterocycles. The maximum atomic E-state index is 12.9. The van der Waals surface area contributed by atoms with Crippen molar-refractivity contribution in [3.8, 4) is 0 Å². The molecule has 0 N–H and O–H groups in total. The van der Waals surface area contributed by atoms with Crippen LogP contribution in [-0.2, 0) is 28.6 Å². The van der Waals surface area contributed by atoms with Crippen LogP contribution in [0, 0.1) is 0 Å². The fourth-order valence-electron chi connectivity index (χ4n) is 8.66. The summed E-state index contributed by atoms with van der Waals surface area (Å²) in [6.45, 7) is 6.60. The summed E-state index contributed by atoms with van der Waals surface area (Å²) in [6.07, 6.45) is 73.5. The number of carbonyl (C=O) groups excluding carboxylic acids is 3. The van der Waals surface area contributed by atoms with Crippen LogP contribution in [0.5, 0.6) is 0 Å². The summed E-state index contributed by atoms with van der Waals surface area (Å²) < 4.78 is 16.9. The molecule has 0 aromatic rings. The van der Waals surface area contributed by atoms with Gasteiger partial charge in [0.25, 0.3) is 0 Å². The molecule has 0 amide bonds. The summed E-state index contributed by atoms with van der Waals surface area (Å²) in [5.41, 5.74) is 0. The molecule has 0 fully saturated rings. The highest BCUT2D eigenvalue weighted by atomic mass is 16.6. The first-order valence-corrected chi connectivity index (χ1v) is 30.3. The fourth-order valence-corrected chi connectivity index (χ4v) is 8.66. The lowest BCUT2D eigenvalue weighted by atomic mass is 10.0. The number of esters is 3. The predicted molar refractivity (Wildman–Crippen MR) is 302 cm³/mol. The van der Waals surface area contributed by atoms with Crippen molar-refractivity contribution >= 4 is 17.9 Å². The van der Waals surface area contributed by atoms with Crippen molar-refractivity contribution in [3.63, 3.8) is 0 Å². The molecule has 0 spiro atoms. The van der Waals surface area contributed by atoms with Gasteiger partial charge in [-0.1, -0.05) is 261 Å². The Kier molecular flexibility index (Phi) is 56.3. The van der Waals surface area contributed by atoms with Gasteiger partial charge in [0.2, 0.25) is 0 Å². The van der Waals surface area contributed by atoms with Crippen molar-refractivity contribution in [1.82, 2.24) is 0 Å². The Morgan fingerprint density at radius 3 is 0.829 bits per heavy atom. The second-order valence-electron chi connectivity index (χ2n) is 20.3. The quantitative estimate of drug-likeness (QED) is 0.0261. The van der Waals surface area contributed by atoms with Gasteiger partial charge in [0, 0.05) is 19.3 Å². The monoisotopic (exact) mass is 979 g/mol. The van der Waals surface area contributed by atoms with Gasteiger partial charge in [0.15, 0.2) is 6.10 Å². The molecule has 6 heteroatoms. The summed E-state index contributed by atoms with van der Waals surface area (Å²) in [4.78, 5) is 38.2. The number of rotatable bonds is 55. The van der Waals surface area contributed by atoms with E-state index in [1.165, 1.54) is 180 Å². The molecule has 0 unspecified atom stereocenters. The molecule has 0 radical (unpaired) electrons. The topological polar surface area (TPSA) is 78.9 Å². The number of allylic oxidation sites excluding steroid dienone is 10. The molecule has 6 nitrogen and oxygen atoms in total. The molecular weight excluding hydrogens is 865 g/mol. The lowest BCUT2D eigenvalue weighted by Crippen LogP contribution is -2.30. The third-order valence-corrected chi connectivity index (χ3v) is 13.2. The first kappa shape index (κ1) is 67.1. The third kappa shape index (κ3) is 56.0. The highest BCUT2D eigenvalue weighted by molar-refractivity contribution is 5.71. The van der Waals surface area contributed by atoms with Crippen LogP contribution >= 0.6 is 0 Å². The van der Waals surface area contributed by atoms with Gasteiger partial charge in [-0.2, -0.15) is 0 Å². The molecule has 1 atom stereocenters. The Balaban J connectivity index is 4.39. The van der Waals surface area contributed by atoms with E-state index in [4.69, 9.17) is 14.2 Å². The molecule has 0 aromatic carbocycles. The summed E-state index contributed by atoms with van der Waals surface area (Å²) >= 11 is 0. The normalized spacial score (nSPS) is 12.4. The van der Waals surface area contributed by atoms with Crippen LogP contribution in [0.4, 0.5) is 0 Å². The van der Waals surface area contributed by atoms with E-state index in [1.807, 2.05) is 0 Å². The van der Waals surface area contributed by atoms with E-state index in [1.54, 1.807) is 0 Å². The van der Waals surface area contributed by atoms with E-state index >= 15 is 0 Å². The van der Waals surface area contributed by atoms with Gasteiger partial charge in [-0.3, -0.25) is 14.4 Å². The molecule has 0 aromatic heterocycles. The Morgan fingerprint density at radius 1 is 0.286 bits per heavy atom. The highest BCUT2D eigenvalue weighted by Crippen LogP contribution is 2.16. The van der Waals surface area contributed by atoms with E-state index < -0.39 is 6.10 Å². The zero-order valence-corrected chi connectivity index (χ0v) is 46.5. The van der Waals surface area contributed by atoms with Crippen LogP contribution in [-0.4, -0.2) is 37.2 Å². The van der Waals surface area contributed by atoms with Crippen LogP contribution in [0.1, 0.15) is 310 Å². The van der Waals surface area contributed by atoms with Crippen molar-refractivity contribution in [2.45, 2.75) is 316 Å². The van der Waals surface area contributed by atoms with Gasteiger partial charge in [-0.25, -0.2) is 0 Å². The predicted octanol–water partition coefficient (Wildman–Crippen LogP) is 20.4. The van der Waals surface area contributed by atoms with Gasteiger partial charge in [-0.05, 0) is 89.9 Å². The molecule has 70 heavy (non-hydrogen) atoms. The third-order valence-electron chi connectivity index (χ3n) is 13.2. The molecular formula is C64H114O6. The van der Waals surface area contributed by atoms with Crippen molar-refractivity contribution < 1.29 is 28.6 Å². The van der Waals surface area contributed by atoms with Gasteiger partial charge < -0.3 is 14.2 Å². The van der Waals surface area contributed by atoms with Crippen LogP contribution in [0.3, 0.4) is 0 Å². The van der Waals surface area contributed by atoms with Crippen LogP contribution in [0.2, 0.25) is 0 Å². The van der Waals surface area contributed by atoms with E-state index in [9.17, 15) is 14.4 Å². The Labute approximate surface area is 434 Å². The van der Waals surface area contributed by atoms with Gasteiger partial charge >= 0.3 is 17.9 Å². The van der Waals surface area contributed by atoms with Crippen molar-refractivity contribution in [1.29, 1.82) is 0 Å². The van der Waals surface area contributed by atoms with Crippen molar-refractivity contribution in [2.75, 3.05) is 13.2 Å². The van der Waals surface area contributed by atoms with Gasteiger partial charge in [-0.15, -0.1) is 0 Å². The maximum Gasteiger partial charge on any atom is 0.306 e. The smallest absolute Gasteiger partial charge is 0.306 e. The second-order valence-corrected chi connectivity index (χ2v) is 20.3. The van der Waals surface area contributed by atoms with Crippen LogP contribution in [0.15, 0.2) is 60.8 Å². The first-order valence-electron chi connectivity index (χ1n) is 30.3. The second kappa shape index (κ2) is 58.7. The molecule has 0 rings (SSSR count). The molecule has 406 valence electrons. The number of hydrogen-bond donors (Lipinski definition) is 0. The van der Waals surface area contributed by atoms with E-state index in [0.29, 0.717) is 19.3 Å². The Bertz CT molecular complexity index is 1260. The standard InChI is InChI=1S/C64H114O6/c1-4-7-10-13-16-19-22-25-28-31-32-34-36-39-42-45-48-51-54-57-63(66)69-60-61(59-68-62(65)56-53-50-47-44-41-38-35-30-27-24-21-18-15-12-9-6-3)70-64(67)58-55-52-49-46-43-40-37-33-29-26-23-20-17-14-11-8-5-2/h16-17,19-20,25-26,28-29,37,40,61H,4-15,18,21-24,27,30-36,38-39,41-60H2,1-3H3/b19-16+,20-17+,28-25+,29-26+,40-37+/t61-/m1/s1. The molecule has 0 saturated carbocycles. The molecule has 0 bridgehead atoms. The average Bonchev–Trinajstić information content (AvgIpc) is 3.36. The average molecular weight is 980 g/mol. The Hall–Kier alpha value is -2.89. The van der Waals surface area contributed by atoms with Crippen LogP contribution in [0.25, 0.3) is 0 Å². The number of ether oxygens (including phenoxy) is 3. The minimum Gasteiger partial charge on any atom is -0.462 e. The summed E-state index contributed by atoms with van der Waals surface area (Å²) in [6, 6.07) is 0. The molecule has 0 aliphatic rings. The van der Waals surface area contributed by atoms with Crippen LogP contribution < -0.4 is 0 Å². The minimum atomic E-state index is -0.787. The summed E-state index contributed by atoms with van der Waals surface area (Å²) in [5.74, 6) is -0.893. The van der Waals surface area contributed by atoms with E-state index in [-0.39, 0.29) is 31.1 Å². The lowest BCUT2D eigenvalue weighted by molar-refractivity contribution is -0.167. The molecule has 0 heterocycles. The lowest BCUT2D eigenvalue weighted by Gasteiger charge is -2.18. The number of carbonyl (C=O) groups is 3. The maximum absolute atomic E-state index is 12.9.